The Kier molecular flexibility index (Phi) is 2.94. The molecule has 0 spiro atoms. The molecule has 4 fully saturated rings. The smallest absolute Gasteiger partial charge is 0.0923 e. The van der Waals surface area contributed by atoms with Crippen LogP contribution < -0.4 is 0 Å². The Morgan fingerprint density at radius 3 is 2.43 bits per heavy atom. The lowest BCUT2D eigenvalue weighted by Gasteiger charge is -2.45. The summed E-state index contributed by atoms with van der Waals surface area (Å²) in [6.45, 7) is 12.0. The minimum atomic E-state index is 0.217. The molecule has 0 aromatic rings. The Morgan fingerprint density at radius 2 is 1.76 bits per heavy atom. The van der Waals surface area contributed by atoms with Crippen molar-refractivity contribution in [1.29, 1.82) is 0 Å². The second-order valence-electron chi connectivity index (χ2n) is 9.76. The zero-order chi connectivity index (χ0) is 15.0. The van der Waals surface area contributed by atoms with Gasteiger partial charge in [-0.1, -0.05) is 27.2 Å². The van der Waals surface area contributed by atoms with Crippen LogP contribution in [0.5, 0.6) is 0 Å². The molecule has 0 amide bonds. The third-order valence-corrected chi connectivity index (χ3v) is 7.01. The molecule has 4 aliphatic rings. The molecule has 0 radical (unpaired) electrons. The van der Waals surface area contributed by atoms with E-state index in [-0.39, 0.29) is 11.2 Å². The quantitative estimate of drug-likeness (QED) is 0.697. The maximum Gasteiger partial charge on any atom is 0.0923 e. The highest BCUT2D eigenvalue weighted by molar-refractivity contribution is 5.11. The highest BCUT2D eigenvalue weighted by atomic mass is 16.6. The molecule has 0 aromatic heterocycles. The fourth-order valence-electron chi connectivity index (χ4n) is 6.03. The van der Waals surface area contributed by atoms with E-state index in [1.807, 2.05) is 0 Å². The fourth-order valence-corrected chi connectivity index (χ4v) is 6.03. The third-order valence-electron chi connectivity index (χ3n) is 7.01. The zero-order valence-corrected chi connectivity index (χ0v) is 14.4. The van der Waals surface area contributed by atoms with Crippen LogP contribution in [0.2, 0.25) is 0 Å². The molecule has 21 heavy (non-hydrogen) atoms. The summed E-state index contributed by atoms with van der Waals surface area (Å²) in [6.07, 6.45) is 9.04. The highest BCUT2D eigenvalue weighted by Crippen LogP contribution is 2.60. The molecule has 2 heterocycles. The first kappa shape index (κ1) is 14.5. The van der Waals surface area contributed by atoms with Crippen LogP contribution in [0.25, 0.3) is 0 Å². The van der Waals surface area contributed by atoms with Crippen LogP contribution in [0.3, 0.4) is 0 Å². The Labute approximate surface area is 130 Å². The summed E-state index contributed by atoms with van der Waals surface area (Å²) in [7, 11) is 0. The van der Waals surface area contributed by atoms with Gasteiger partial charge in [-0.15, -0.1) is 0 Å². The zero-order valence-electron chi connectivity index (χ0n) is 14.4. The largest absolute Gasteiger partial charge is 0.366 e. The van der Waals surface area contributed by atoms with Crippen molar-refractivity contribution in [2.24, 2.45) is 23.2 Å². The van der Waals surface area contributed by atoms with Gasteiger partial charge in [-0.05, 0) is 69.1 Å². The lowest BCUT2D eigenvalue weighted by Crippen LogP contribution is -2.43. The van der Waals surface area contributed by atoms with Gasteiger partial charge in [0.2, 0.25) is 0 Å². The van der Waals surface area contributed by atoms with Crippen LogP contribution in [-0.2, 0) is 9.47 Å². The molecule has 2 nitrogen and oxygen atoms in total. The summed E-state index contributed by atoms with van der Waals surface area (Å²) < 4.78 is 12.1. The molecule has 2 saturated heterocycles. The summed E-state index contributed by atoms with van der Waals surface area (Å²) >= 11 is 0. The van der Waals surface area contributed by atoms with Crippen molar-refractivity contribution in [2.75, 3.05) is 0 Å². The molecule has 0 N–H and O–H groups in total. The van der Waals surface area contributed by atoms with Gasteiger partial charge in [0, 0.05) is 0 Å². The Balaban J connectivity index is 1.57. The predicted molar refractivity (Wildman–Crippen MR) is 84.2 cm³/mol. The molecule has 0 aromatic carbocycles. The second kappa shape index (κ2) is 4.26. The van der Waals surface area contributed by atoms with Gasteiger partial charge in [-0.3, -0.25) is 0 Å². The predicted octanol–water partition coefficient (Wildman–Crippen LogP) is 4.56. The van der Waals surface area contributed by atoms with Crippen molar-refractivity contribution < 1.29 is 9.47 Å². The van der Waals surface area contributed by atoms with E-state index in [2.05, 4.69) is 34.6 Å². The van der Waals surface area contributed by atoms with E-state index in [0.29, 0.717) is 17.6 Å². The van der Waals surface area contributed by atoms with Gasteiger partial charge in [0.1, 0.15) is 0 Å². The van der Waals surface area contributed by atoms with Crippen LogP contribution >= 0.6 is 0 Å². The Hall–Kier alpha value is -0.0800. The number of epoxide rings is 2. The summed E-state index contributed by atoms with van der Waals surface area (Å²) in [6, 6.07) is 0. The van der Waals surface area contributed by atoms with E-state index in [4.69, 9.17) is 9.47 Å². The van der Waals surface area contributed by atoms with Gasteiger partial charge < -0.3 is 9.47 Å². The minimum Gasteiger partial charge on any atom is -0.366 e. The number of ether oxygens (including phenoxy) is 2. The average Bonchev–Trinajstić information content (AvgIpc) is 3.20. The van der Waals surface area contributed by atoms with Crippen LogP contribution in [0, 0.1) is 23.2 Å². The Morgan fingerprint density at radius 1 is 1.00 bits per heavy atom. The lowest BCUT2D eigenvalue weighted by molar-refractivity contribution is 0.0391. The Bertz CT molecular complexity index is 439. The first-order valence-electron chi connectivity index (χ1n) is 9.09. The molecule has 4 rings (SSSR count). The summed E-state index contributed by atoms with van der Waals surface area (Å²) in [5.74, 6) is 2.38. The molecular formula is C19H32O2. The van der Waals surface area contributed by atoms with Crippen molar-refractivity contribution >= 4 is 0 Å². The first-order chi connectivity index (χ1) is 9.73. The average molecular weight is 292 g/mol. The molecule has 7 unspecified atom stereocenters. The topological polar surface area (TPSA) is 25.1 Å². The van der Waals surface area contributed by atoms with Gasteiger partial charge in [0.05, 0.1) is 23.4 Å². The van der Waals surface area contributed by atoms with Gasteiger partial charge in [-0.2, -0.15) is 0 Å². The number of rotatable bonds is 2. The molecule has 0 bridgehead atoms. The van der Waals surface area contributed by atoms with Crippen molar-refractivity contribution in [2.45, 2.75) is 96.6 Å². The van der Waals surface area contributed by atoms with Crippen LogP contribution in [-0.4, -0.2) is 23.4 Å². The summed E-state index contributed by atoms with van der Waals surface area (Å²) in [5, 5.41) is 0. The molecule has 2 aliphatic carbocycles. The molecule has 2 saturated carbocycles. The van der Waals surface area contributed by atoms with E-state index in [1.165, 1.54) is 38.5 Å². The van der Waals surface area contributed by atoms with Gasteiger partial charge in [0.25, 0.3) is 0 Å². The lowest BCUT2D eigenvalue weighted by atomic mass is 9.58. The number of hydrogen-bond donors (Lipinski definition) is 0. The third kappa shape index (κ3) is 2.28. The van der Waals surface area contributed by atoms with Gasteiger partial charge in [0.15, 0.2) is 0 Å². The summed E-state index contributed by atoms with van der Waals surface area (Å²) in [4.78, 5) is 0. The van der Waals surface area contributed by atoms with E-state index in [1.54, 1.807) is 0 Å². The van der Waals surface area contributed by atoms with Crippen LogP contribution in [0.4, 0.5) is 0 Å². The number of hydrogen-bond acceptors (Lipinski definition) is 2. The van der Waals surface area contributed by atoms with Crippen molar-refractivity contribution in [3.8, 4) is 0 Å². The highest BCUT2D eigenvalue weighted by Gasteiger charge is 2.63. The summed E-state index contributed by atoms with van der Waals surface area (Å²) in [5.41, 5.74) is 0.815. The van der Waals surface area contributed by atoms with Crippen LogP contribution in [0.1, 0.15) is 73.1 Å². The van der Waals surface area contributed by atoms with Crippen molar-refractivity contribution in [3.63, 3.8) is 0 Å². The van der Waals surface area contributed by atoms with Gasteiger partial charge >= 0.3 is 0 Å². The second-order valence-corrected chi connectivity index (χ2v) is 9.76. The standard InChI is InChI=1S/C19H32O2/c1-17(2,3)15(12-8-9-14-19(5,11-12)20-14)13-7-6-10-18(4)16(13)21-18/h12-16H,6-11H2,1-5H3. The minimum absolute atomic E-state index is 0.217. The van der Waals surface area contributed by atoms with E-state index in [0.717, 1.165) is 17.8 Å². The van der Waals surface area contributed by atoms with Crippen LogP contribution in [0.15, 0.2) is 0 Å². The van der Waals surface area contributed by atoms with Crippen molar-refractivity contribution in [1.82, 2.24) is 0 Å². The molecule has 120 valence electrons. The molecule has 7 atom stereocenters. The van der Waals surface area contributed by atoms with Crippen molar-refractivity contribution in [3.05, 3.63) is 0 Å². The van der Waals surface area contributed by atoms with E-state index >= 15 is 0 Å². The van der Waals surface area contributed by atoms with E-state index in [9.17, 15) is 0 Å². The van der Waals surface area contributed by atoms with Gasteiger partial charge in [-0.25, -0.2) is 0 Å². The first-order valence-corrected chi connectivity index (χ1v) is 9.09. The SMILES string of the molecule is CC(C)(C)C(C1CCC2OC2(C)C1)C1CCCC2(C)OC12. The molecular weight excluding hydrogens is 260 g/mol. The molecule has 2 aliphatic heterocycles. The normalized spacial score (nSPS) is 53.6. The van der Waals surface area contributed by atoms with E-state index < -0.39 is 0 Å². The maximum absolute atomic E-state index is 6.18. The fraction of sp³-hybridized carbons (Fsp3) is 1.00. The molecule has 2 heteroatoms. The maximum atomic E-state index is 6.18. The monoisotopic (exact) mass is 292 g/mol. The number of fused-ring (bicyclic) bond motifs is 2.